The van der Waals surface area contributed by atoms with Crippen molar-refractivity contribution in [2.75, 3.05) is 5.32 Å². The molecule has 1 fully saturated rings. The zero-order chi connectivity index (χ0) is 14.7. The molecule has 0 bridgehead atoms. The maximum absolute atomic E-state index is 4.55. The van der Waals surface area contributed by atoms with Crippen LogP contribution in [0.4, 0.5) is 5.69 Å². The van der Waals surface area contributed by atoms with E-state index in [2.05, 4.69) is 28.3 Å². The Morgan fingerprint density at radius 1 is 1.14 bits per heavy atom. The summed E-state index contributed by atoms with van der Waals surface area (Å²) in [5, 5.41) is 3.71. The second-order valence-corrected chi connectivity index (χ2v) is 6.17. The number of imidazole rings is 1. The van der Waals surface area contributed by atoms with E-state index in [-0.39, 0.29) is 0 Å². The van der Waals surface area contributed by atoms with Gasteiger partial charge in [0.1, 0.15) is 5.82 Å². The minimum absolute atomic E-state index is 0.557. The summed E-state index contributed by atoms with van der Waals surface area (Å²) < 4.78 is 2.04. The highest BCUT2D eigenvalue weighted by molar-refractivity contribution is 5.57. The molecular weight excluding hydrogens is 260 g/mol. The molecule has 0 amide bonds. The van der Waals surface area contributed by atoms with Gasteiger partial charge in [-0.1, -0.05) is 19.8 Å². The van der Waals surface area contributed by atoms with E-state index in [1.807, 2.05) is 36.1 Å². The monoisotopic (exact) mass is 284 g/mol. The molecule has 0 radical (unpaired) electrons. The summed E-state index contributed by atoms with van der Waals surface area (Å²) in [6.45, 7) is 4.37. The number of hydrogen-bond acceptors (Lipinski definition) is 3. The maximum atomic E-state index is 4.55. The number of anilines is 1. The second-order valence-electron chi connectivity index (χ2n) is 6.17. The molecule has 2 aromatic heterocycles. The van der Waals surface area contributed by atoms with Gasteiger partial charge in [0.15, 0.2) is 5.82 Å². The highest BCUT2D eigenvalue weighted by atomic mass is 15.1. The third kappa shape index (κ3) is 3.26. The first kappa shape index (κ1) is 14.1. The van der Waals surface area contributed by atoms with Crippen molar-refractivity contribution in [1.82, 2.24) is 14.5 Å². The summed E-state index contributed by atoms with van der Waals surface area (Å²) in [4.78, 5) is 8.85. The standard InChI is InChI=1S/C17H24N4/c1-13-5-3-6-15(9-8-13)20-16-7-4-10-19-17(16)21-12-11-18-14(21)2/h4,7,10-13,15,20H,3,5-6,8-9H2,1-2H3. The molecule has 0 aromatic carbocycles. The Labute approximate surface area is 126 Å². The number of rotatable bonds is 3. The molecule has 3 rings (SSSR count). The van der Waals surface area contributed by atoms with Crippen molar-refractivity contribution in [3.63, 3.8) is 0 Å². The molecule has 4 heteroatoms. The summed E-state index contributed by atoms with van der Waals surface area (Å²) in [6.07, 6.45) is 12.1. The lowest BCUT2D eigenvalue weighted by Gasteiger charge is -2.20. The van der Waals surface area contributed by atoms with Crippen LogP contribution in [0.5, 0.6) is 0 Å². The summed E-state index contributed by atoms with van der Waals surface area (Å²) >= 11 is 0. The van der Waals surface area contributed by atoms with Crippen LogP contribution in [0.25, 0.3) is 5.82 Å². The zero-order valence-electron chi connectivity index (χ0n) is 12.9. The molecule has 0 spiro atoms. The predicted octanol–water partition coefficient (Wildman–Crippen LogP) is 3.96. The number of nitrogens with zero attached hydrogens (tertiary/aromatic N) is 3. The summed E-state index contributed by atoms with van der Waals surface area (Å²) in [5.41, 5.74) is 1.11. The Kier molecular flexibility index (Phi) is 4.23. The predicted molar refractivity (Wildman–Crippen MR) is 85.8 cm³/mol. The molecule has 112 valence electrons. The van der Waals surface area contributed by atoms with Gasteiger partial charge in [-0.15, -0.1) is 0 Å². The first-order chi connectivity index (χ1) is 10.2. The molecular formula is C17H24N4. The summed E-state index contributed by atoms with van der Waals surface area (Å²) in [6, 6.07) is 4.68. The normalized spacial score (nSPS) is 22.8. The molecule has 1 saturated carbocycles. The largest absolute Gasteiger partial charge is 0.379 e. The van der Waals surface area contributed by atoms with E-state index in [1.54, 1.807) is 0 Å². The summed E-state index contributed by atoms with van der Waals surface area (Å²) in [7, 11) is 0. The topological polar surface area (TPSA) is 42.7 Å². The molecule has 1 aliphatic carbocycles. The molecule has 21 heavy (non-hydrogen) atoms. The zero-order valence-corrected chi connectivity index (χ0v) is 12.9. The van der Waals surface area contributed by atoms with Crippen molar-refractivity contribution in [1.29, 1.82) is 0 Å². The van der Waals surface area contributed by atoms with Crippen LogP contribution in [0.2, 0.25) is 0 Å². The van der Waals surface area contributed by atoms with Gasteiger partial charge in [-0.3, -0.25) is 4.57 Å². The van der Waals surface area contributed by atoms with Crippen LogP contribution in [0, 0.1) is 12.8 Å². The van der Waals surface area contributed by atoms with E-state index in [4.69, 9.17) is 0 Å². The van der Waals surface area contributed by atoms with Gasteiger partial charge < -0.3 is 5.32 Å². The first-order valence-corrected chi connectivity index (χ1v) is 7.96. The fourth-order valence-electron chi connectivity index (χ4n) is 3.15. The smallest absolute Gasteiger partial charge is 0.161 e. The molecule has 4 nitrogen and oxygen atoms in total. The number of aromatic nitrogens is 3. The Balaban J connectivity index is 1.81. The number of hydrogen-bond donors (Lipinski definition) is 1. The Hall–Kier alpha value is -1.84. The molecule has 1 aliphatic rings. The maximum Gasteiger partial charge on any atom is 0.161 e. The van der Waals surface area contributed by atoms with E-state index in [1.165, 1.54) is 32.1 Å². The van der Waals surface area contributed by atoms with Gasteiger partial charge in [-0.2, -0.15) is 0 Å². The lowest BCUT2D eigenvalue weighted by Crippen LogP contribution is -2.20. The van der Waals surface area contributed by atoms with Gasteiger partial charge in [0, 0.05) is 24.6 Å². The van der Waals surface area contributed by atoms with E-state index in [9.17, 15) is 0 Å². The quantitative estimate of drug-likeness (QED) is 0.868. The third-order valence-corrected chi connectivity index (χ3v) is 4.46. The van der Waals surface area contributed by atoms with Crippen LogP contribution in [-0.4, -0.2) is 20.6 Å². The van der Waals surface area contributed by atoms with Crippen molar-refractivity contribution in [3.05, 3.63) is 36.5 Å². The van der Waals surface area contributed by atoms with E-state index >= 15 is 0 Å². The number of nitrogens with one attached hydrogen (secondary N) is 1. The Morgan fingerprint density at radius 2 is 2.05 bits per heavy atom. The van der Waals surface area contributed by atoms with E-state index < -0.39 is 0 Å². The van der Waals surface area contributed by atoms with Crippen LogP contribution in [0.1, 0.15) is 44.9 Å². The van der Waals surface area contributed by atoms with E-state index in [0.717, 1.165) is 23.2 Å². The van der Waals surface area contributed by atoms with Crippen molar-refractivity contribution < 1.29 is 0 Å². The molecule has 2 atom stereocenters. The van der Waals surface area contributed by atoms with Crippen molar-refractivity contribution >= 4 is 5.69 Å². The lowest BCUT2D eigenvalue weighted by atomic mass is 10.0. The second kappa shape index (κ2) is 6.29. The van der Waals surface area contributed by atoms with Crippen molar-refractivity contribution in [2.24, 2.45) is 5.92 Å². The minimum atomic E-state index is 0.557. The molecule has 1 N–H and O–H groups in total. The van der Waals surface area contributed by atoms with Crippen LogP contribution < -0.4 is 5.32 Å². The van der Waals surface area contributed by atoms with E-state index in [0.29, 0.717) is 6.04 Å². The van der Waals surface area contributed by atoms with Gasteiger partial charge in [-0.05, 0) is 44.2 Å². The molecule has 2 heterocycles. The third-order valence-electron chi connectivity index (χ3n) is 4.46. The first-order valence-electron chi connectivity index (χ1n) is 7.96. The highest BCUT2D eigenvalue weighted by Crippen LogP contribution is 2.27. The van der Waals surface area contributed by atoms with Crippen molar-refractivity contribution in [3.8, 4) is 5.82 Å². The summed E-state index contributed by atoms with van der Waals surface area (Å²) in [5.74, 6) is 2.78. The van der Waals surface area contributed by atoms with Gasteiger partial charge in [0.2, 0.25) is 0 Å². The minimum Gasteiger partial charge on any atom is -0.379 e. The fourth-order valence-corrected chi connectivity index (χ4v) is 3.15. The Bertz CT molecular complexity index is 590. The number of pyridine rings is 1. The van der Waals surface area contributed by atoms with Crippen LogP contribution in [-0.2, 0) is 0 Å². The highest BCUT2D eigenvalue weighted by Gasteiger charge is 2.17. The van der Waals surface area contributed by atoms with Gasteiger partial charge in [0.25, 0.3) is 0 Å². The average Bonchev–Trinajstić information content (AvgIpc) is 2.80. The molecule has 2 aromatic rings. The SMILES string of the molecule is Cc1nccn1-c1ncccc1NC1CCCC(C)CC1. The molecule has 0 aliphatic heterocycles. The van der Waals surface area contributed by atoms with Crippen LogP contribution in [0.15, 0.2) is 30.7 Å². The lowest BCUT2D eigenvalue weighted by molar-refractivity contribution is 0.502. The van der Waals surface area contributed by atoms with Gasteiger partial charge in [0.05, 0.1) is 5.69 Å². The van der Waals surface area contributed by atoms with Gasteiger partial charge in [-0.25, -0.2) is 9.97 Å². The van der Waals surface area contributed by atoms with Gasteiger partial charge >= 0.3 is 0 Å². The molecule has 0 saturated heterocycles. The van der Waals surface area contributed by atoms with Crippen LogP contribution in [0.3, 0.4) is 0 Å². The molecule has 2 unspecified atom stereocenters. The van der Waals surface area contributed by atoms with Crippen LogP contribution >= 0.6 is 0 Å². The van der Waals surface area contributed by atoms with Crippen molar-refractivity contribution in [2.45, 2.75) is 52.0 Å². The number of aryl methyl sites for hydroxylation is 1. The Morgan fingerprint density at radius 3 is 2.86 bits per heavy atom. The average molecular weight is 284 g/mol. The fraction of sp³-hybridized carbons (Fsp3) is 0.529.